The van der Waals surface area contributed by atoms with Crippen LogP contribution in [-0.2, 0) is 11.3 Å². The minimum absolute atomic E-state index is 0.161. The van der Waals surface area contributed by atoms with E-state index in [1.807, 2.05) is 7.05 Å². The Morgan fingerprint density at radius 1 is 1.59 bits per heavy atom. The first-order valence-electron chi connectivity index (χ1n) is 6.12. The van der Waals surface area contributed by atoms with Gasteiger partial charge in [-0.3, -0.25) is 4.79 Å². The average molecular weight is 236 g/mol. The van der Waals surface area contributed by atoms with E-state index in [1.54, 1.807) is 17.3 Å². The molecule has 5 nitrogen and oxygen atoms in total. The van der Waals surface area contributed by atoms with E-state index in [0.717, 1.165) is 31.5 Å². The van der Waals surface area contributed by atoms with E-state index in [1.165, 1.54) is 0 Å². The highest BCUT2D eigenvalue weighted by atomic mass is 16.2. The summed E-state index contributed by atoms with van der Waals surface area (Å²) in [5.41, 5.74) is 5.49. The first kappa shape index (κ1) is 12.1. The largest absolute Gasteiger partial charge is 0.347 e. The van der Waals surface area contributed by atoms with Crippen molar-refractivity contribution >= 4 is 5.91 Å². The predicted molar refractivity (Wildman–Crippen MR) is 65.0 cm³/mol. The lowest BCUT2D eigenvalue weighted by Gasteiger charge is -2.30. The van der Waals surface area contributed by atoms with Gasteiger partial charge in [0.15, 0.2) is 0 Å². The van der Waals surface area contributed by atoms with Crippen molar-refractivity contribution in [1.29, 1.82) is 0 Å². The van der Waals surface area contributed by atoms with Crippen LogP contribution in [-0.4, -0.2) is 34.4 Å². The lowest BCUT2D eigenvalue weighted by atomic mass is 9.85. The molecule has 1 aromatic rings. The second-order valence-corrected chi connectivity index (χ2v) is 4.89. The van der Waals surface area contributed by atoms with Crippen molar-refractivity contribution in [1.82, 2.24) is 14.9 Å². The van der Waals surface area contributed by atoms with Crippen molar-refractivity contribution < 1.29 is 4.79 Å². The van der Waals surface area contributed by atoms with Crippen molar-refractivity contribution in [3.8, 4) is 0 Å². The minimum Gasteiger partial charge on any atom is -0.347 e. The van der Waals surface area contributed by atoms with E-state index in [9.17, 15) is 4.79 Å². The third-order valence-corrected chi connectivity index (χ3v) is 3.69. The quantitative estimate of drug-likeness (QED) is 0.815. The third-order valence-electron chi connectivity index (χ3n) is 3.69. The number of imidazole rings is 1. The molecule has 2 rings (SSSR count). The number of carbonyl (C=O) groups is 1. The number of aromatic nitrogens is 2. The predicted octanol–water partition coefficient (Wildman–Crippen LogP) is 0.887. The average Bonchev–Trinajstić information content (AvgIpc) is 2.99. The summed E-state index contributed by atoms with van der Waals surface area (Å²) in [7, 11) is 1.82. The second-order valence-electron chi connectivity index (χ2n) is 4.89. The molecule has 0 bridgehead atoms. The molecule has 0 saturated heterocycles. The van der Waals surface area contributed by atoms with E-state index in [2.05, 4.69) is 9.97 Å². The van der Waals surface area contributed by atoms with Crippen LogP contribution < -0.4 is 5.73 Å². The Balaban J connectivity index is 2.03. The zero-order valence-electron chi connectivity index (χ0n) is 10.3. The van der Waals surface area contributed by atoms with Gasteiger partial charge in [-0.05, 0) is 12.8 Å². The topological polar surface area (TPSA) is 75.0 Å². The van der Waals surface area contributed by atoms with Crippen LogP contribution in [0.5, 0.6) is 0 Å². The molecular formula is C12H20N4O. The molecule has 0 atom stereocenters. The van der Waals surface area contributed by atoms with Gasteiger partial charge in [-0.15, -0.1) is 0 Å². The van der Waals surface area contributed by atoms with Crippen LogP contribution in [0.4, 0.5) is 0 Å². The maximum atomic E-state index is 12.4. The molecule has 0 aliphatic heterocycles. The Morgan fingerprint density at radius 2 is 2.29 bits per heavy atom. The number of rotatable bonds is 4. The molecule has 1 fully saturated rings. The summed E-state index contributed by atoms with van der Waals surface area (Å²) in [6.07, 6.45) is 7.52. The minimum atomic E-state index is -0.318. The van der Waals surface area contributed by atoms with Gasteiger partial charge in [-0.1, -0.05) is 12.8 Å². The summed E-state index contributed by atoms with van der Waals surface area (Å²) in [5, 5.41) is 0. The SMILES string of the molecule is CN(Cc1ncc[nH]1)C(=O)C1(CN)CCCC1. The van der Waals surface area contributed by atoms with Crippen molar-refractivity contribution in [2.24, 2.45) is 11.1 Å². The fraction of sp³-hybridized carbons (Fsp3) is 0.667. The van der Waals surface area contributed by atoms with Crippen molar-refractivity contribution in [2.45, 2.75) is 32.2 Å². The van der Waals surface area contributed by atoms with Gasteiger partial charge in [0.05, 0.1) is 12.0 Å². The number of nitrogens with two attached hydrogens (primary N) is 1. The van der Waals surface area contributed by atoms with Crippen LogP contribution in [0.25, 0.3) is 0 Å². The van der Waals surface area contributed by atoms with E-state index in [4.69, 9.17) is 5.73 Å². The third kappa shape index (κ3) is 2.34. The molecule has 0 aromatic carbocycles. The Kier molecular flexibility index (Phi) is 3.47. The first-order valence-corrected chi connectivity index (χ1v) is 6.12. The molecule has 1 saturated carbocycles. The lowest BCUT2D eigenvalue weighted by molar-refractivity contribution is -0.140. The summed E-state index contributed by atoms with van der Waals surface area (Å²) < 4.78 is 0. The van der Waals surface area contributed by atoms with Gasteiger partial charge in [0, 0.05) is 26.0 Å². The number of nitrogens with zero attached hydrogens (tertiary/aromatic N) is 2. The molecule has 1 aromatic heterocycles. The Bertz CT molecular complexity index is 368. The molecule has 5 heteroatoms. The summed E-state index contributed by atoms with van der Waals surface area (Å²) in [5.74, 6) is 0.972. The van der Waals surface area contributed by atoms with Gasteiger partial charge in [0.2, 0.25) is 5.91 Å². The second kappa shape index (κ2) is 4.87. The van der Waals surface area contributed by atoms with Crippen LogP contribution in [0.2, 0.25) is 0 Å². The number of carbonyl (C=O) groups excluding carboxylic acids is 1. The fourth-order valence-electron chi connectivity index (χ4n) is 2.64. The summed E-state index contributed by atoms with van der Waals surface area (Å²) in [6, 6.07) is 0. The summed E-state index contributed by atoms with van der Waals surface area (Å²) in [4.78, 5) is 21.3. The van der Waals surface area contributed by atoms with Crippen molar-refractivity contribution in [3.63, 3.8) is 0 Å². The van der Waals surface area contributed by atoms with Crippen LogP contribution in [0.15, 0.2) is 12.4 Å². The Morgan fingerprint density at radius 3 is 2.82 bits per heavy atom. The van der Waals surface area contributed by atoms with E-state index in [0.29, 0.717) is 13.1 Å². The highest BCUT2D eigenvalue weighted by Gasteiger charge is 2.41. The molecule has 1 aliphatic carbocycles. The summed E-state index contributed by atoms with van der Waals surface area (Å²) in [6.45, 7) is 0.974. The number of H-pyrrole nitrogens is 1. The summed E-state index contributed by atoms with van der Waals surface area (Å²) >= 11 is 0. The van der Waals surface area contributed by atoms with Crippen molar-refractivity contribution in [2.75, 3.05) is 13.6 Å². The highest BCUT2D eigenvalue weighted by Crippen LogP contribution is 2.38. The standard InChI is InChI=1S/C12H20N4O/c1-16(8-10-14-6-7-15-10)11(17)12(9-13)4-2-3-5-12/h6-7H,2-5,8-9,13H2,1H3,(H,14,15). The normalized spacial score (nSPS) is 18.2. The maximum Gasteiger partial charge on any atom is 0.230 e. The van der Waals surface area contributed by atoms with Gasteiger partial charge < -0.3 is 15.6 Å². The number of amides is 1. The Labute approximate surface area is 101 Å². The lowest BCUT2D eigenvalue weighted by Crippen LogP contribution is -2.44. The monoisotopic (exact) mass is 236 g/mol. The molecule has 0 unspecified atom stereocenters. The molecule has 94 valence electrons. The van der Waals surface area contributed by atoms with Crippen molar-refractivity contribution in [3.05, 3.63) is 18.2 Å². The zero-order chi connectivity index (χ0) is 12.3. The number of hydrogen-bond acceptors (Lipinski definition) is 3. The van der Waals surface area contributed by atoms with Crippen LogP contribution >= 0.6 is 0 Å². The van der Waals surface area contributed by atoms with Crippen LogP contribution in [0, 0.1) is 5.41 Å². The molecule has 0 spiro atoms. The number of hydrogen-bond donors (Lipinski definition) is 2. The Hall–Kier alpha value is -1.36. The molecule has 1 aliphatic rings. The van der Waals surface area contributed by atoms with Gasteiger partial charge in [0.1, 0.15) is 5.82 Å². The molecule has 3 N–H and O–H groups in total. The molecule has 1 amide bonds. The highest BCUT2D eigenvalue weighted by molar-refractivity contribution is 5.83. The van der Waals surface area contributed by atoms with E-state index in [-0.39, 0.29) is 11.3 Å². The van der Waals surface area contributed by atoms with E-state index >= 15 is 0 Å². The van der Waals surface area contributed by atoms with Gasteiger partial charge in [0.25, 0.3) is 0 Å². The van der Waals surface area contributed by atoms with Gasteiger partial charge in [-0.2, -0.15) is 0 Å². The molecule has 0 radical (unpaired) electrons. The molecular weight excluding hydrogens is 216 g/mol. The number of aromatic amines is 1. The van der Waals surface area contributed by atoms with Gasteiger partial charge >= 0.3 is 0 Å². The number of nitrogens with one attached hydrogen (secondary N) is 1. The smallest absolute Gasteiger partial charge is 0.230 e. The van der Waals surface area contributed by atoms with Crippen LogP contribution in [0.3, 0.4) is 0 Å². The molecule has 17 heavy (non-hydrogen) atoms. The maximum absolute atomic E-state index is 12.4. The molecule has 1 heterocycles. The zero-order valence-corrected chi connectivity index (χ0v) is 10.3. The van der Waals surface area contributed by atoms with E-state index < -0.39 is 0 Å². The fourth-order valence-corrected chi connectivity index (χ4v) is 2.64. The first-order chi connectivity index (χ1) is 8.18. The van der Waals surface area contributed by atoms with Gasteiger partial charge in [-0.25, -0.2) is 4.98 Å². The van der Waals surface area contributed by atoms with Crippen LogP contribution in [0.1, 0.15) is 31.5 Å².